The Labute approximate surface area is 77.4 Å². The quantitative estimate of drug-likeness (QED) is 0.704. The summed E-state index contributed by atoms with van der Waals surface area (Å²) >= 11 is 0. The Morgan fingerprint density at radius 3 is 3.00 bits per heavy atom. The van der Waals surface area contributed by atoms with Crippen LogP contribution in [0.3, 0.4) is 0 Å². The maximum absolute atomic E-state index is 11.5. The molecule has 13 heavy (non-hydrogen) atoms. The summed E-state index contributed by atoms with van der Waals surface area (Å²) in [7, 11) is 0. The van der Waals surface area contributed by atoms with Crippen LogP contribution in [0.25, 0.3) is 0 Å². The number of aromatic nitrogens is 2. The van der Waals surface area contributed by atoms with E-state index in [1.807, 2.05) is 4.57 Å². The van der Waals surface area contributed by atoms with Crippen molar-refractivity contribution >= 4 is 0 Å². The predicted molar refractivity (Wildman–Crippen MR) is 50.5 cm³/mol. The molecule has 1 heterocycles. The Morgan fingerprint density at radius 2 is 2.46 bits per heavy atom. The minimum atomic E-state index is 0.0289. The van der Waals surface area contributed by atoms with E-state index in [9.17, 15) is 4.79 Å². The Balaban J connectivity index is 2.31. The average Bonchev–Trinajstić information content (AvgIpc) is 2.93. The van der Waals surface area contributed by atoms with Crippen molar-refractivity contribution in [3.63, 3.8) is 0 Å². The highest BCUT2D eigenvalue weighted by Crippen LogP contribution is 2.40. The van der Waals surface area contributed by atoms with Crippen molar-refractivity contribution in [2.24, 2.45) is 5.92 Å². The highest BCUT2D eigenvalue weighted by molar-refractivity contribution is 4.91. The summed E-state index contributed by atoms with van der Waals surface area (Å²) in [5, 5.41) is 0. The fourth-order valence-electron chi connectivity index (χ4n) is 1.87. The molecule has 3 heteroatoms. The van der Waals surface area contributed by atoms with E-state index in [0.717, 1.165) is 12.3 Å². The van der Waals surface area contributed by atoms with Crippen molar-refractivity contribution in [1.29, 1.82) is 0 Å². The summed E-state index contributed by atoms with van der Waals surface area (Å²) in [6, 6.07) is 0.399. The summed E-state index contributed by atoms with van der Waals surface area (Å²) in [5.74, 6) is 0.727. The maximum atomic E-state index is 11.5. The minimum Gasteiger partial charge on any atom is -0.309 e. The van der Waals surface area contributed by atoms with Crippen molar-refractivity contribution in [3.8, 4) is 0 Å². The maximum Gasteiger partial charge on any atom is 0.269 e. The van der Waals surface area contributed by atoms with Crippen molar-refractivity contribution in [3.05, 3.63) is 28.9 Å². The van der Waals surface area contributed by atoms with Gasteiger partial charge in [-0.05, 0) is 25.2 Å². The molecule has 1 aliphatic rings. The highest BCUT2D eigenvalue weighted by Gasteiger charge is 2.31. The van der Waals surface area contributed by atoms with Crippen LogP contribution >= 0.6 is 0 Å². The van der Waals surface area contributed by atoms with Gasteiger partial charge < -0.3 is 4.57 Å². The summed E-state index contributed by atoms with van der Waals surface area (Å²) in [4.78, 5) is 15.3. The van der Waals surface area contributed by atoms with Crippen LogP contribution in [0.4, 0.5) is 0 Å². The molecule has 0 unspecified atom stereocenters. The van der Waals surface area contributed by atoms with Crippen LogP contribution in [-0.2, 0) is 0 Å². The van der Waals surface area contributed by atoms with E-state index >= 15 is 0 Å². The fourth-order valence-corrected chi connectivity index (χ4v) is 1.87. The first-order chi connectivity index (χ1) is 6.33. The van der Waals surface area contributed by atoms with Crippen molar-refractivity contribution < 1.29 is 0 Å². The zero-order chi connectivity index (χ0) is 9.26. The molecule has 3 nitrogen and oxygen atoms in total. The third-order valence-corrected chi connectivity index (χ3v) is 2.69. The van der Waals surface area contributed by atoms with Gasteiger partial charge >= 0.3 is 0 Å². The Hall–Kier alpha value is -1.12. The molecule has 2 rings (SSSR count). The van der Waals surface area contributed by atoms with Crippen LogP contribution in [0.1, 0.15) is 32.2 Å². The van der Waals surface area contributed by atoms with Gasteiger partial charge in [0.15, 0.2) is 0 Å². The molecule has 0 N–H and O–H groups in total. The number of hydrogen-bond acceptors (Lipinski definition) is 2. The second kappa shape index (κ2) is 3.32. The lowest BCUT2D eigenvalue weighted by Crippen LogP contribution is -2.24. The molecule has 0 bridgehead atoms. The molecule has 1 atom stereocenters. The van der Waals surface area contributed by atoms with E-state index < -0.39 is 0 Å². The third-order valence-electron chi connectivity index (χ3n) is 2.69. The predicted octanol–water partition coefficient (Wildman–Crippen LogP) is 1.60. The van der Waals surface area contributed by atoms with Gasteiger partial charge in [-0.1, -0.05) is 6.92 Å². The summed E-state index contributed by atoms with van der Waals surface area (Å²) < 4.78 is 1.82. The van der Waals surface area contributed by atoms with Gasteiger partial charge in [-0.25, -0.2) is 0 Å². The van der Waals surface area contributed by atoms with Gasteiger partial charge in [0.2, 0.25) is 0 Å². The Bertz CT molecular complexity index is 341. The molecule has 1 aliphatic carbocycles. The summed E-state index contributed by atoms with van der Waals surface area (Å²) in [6.07, 6.45) is 8.46. The molecule has 1 aromatic heterocycles. The van der Waals surface area contributed by atoms with E-state index in [1.54, 1.807) is 12.4 Å². The van der Waals surface area contributed by atoms with E-state index in [2.05, 4.69) is 11.9 Å². The van der Waals surface area contributed by atoms with E-state index in [-0.39, 0.29) is 5.56 Å². The molecular weight excluding hydrogens is 164 g/mol. The lowest BCUT2D eigenvalue weighted by molar-refractivity contribution is 0.418. The van der Waals surface area contributed by atoms with Crippen LogP contribution in [0.2, 0.25) is 0 Å². The second-order valence-corrected chi connectivity index (χ2v) is 3.63. The number of rotatable bonds is 3. The van der Waals surface area contributed by atoms with Crippen LogP contribution < -0.4 is 5.56 Å². The largest absolute Gasteiger partial charge is 0.309 e. The molecule has 0 saturated heterocycles. The molecule has 1 aromatic rings. The monoisotopic (exact) mass is 178 g/mol. The molecule has 0 spiro atoms. The van der Waals surface area contributed by atoms with Crippen molar-refractivity contribution in [1.82, 2.24) is 9.55 Å². The molecule has 1 fully saturated rings. The standard InChI is InChI=1S/C10H14N2O/c1-2-9(8-3-4-8)12-6-5-11-7-10(12)13/h5-9H,2-4H2,1H3/t9-/m0/s1. The average molecular weight is 178 g/mol. The third kappa shape index (κ3) is 1.64. The Morgan fingerprint density at radius 1 is 1.69 bits per heavy atom. The first-order valence-electron chi connectivity index (χ1n) is 4.85. The van der Waals surface area contributed by atoms with Gasteiger partial charge in [-0.15, -0.1) is 0 Å². The summed E-state index contributed by atoms with van der Waals surface area (Å²) in [5.41, 5.74) is 0.0289. The normalized spacial score (nSPS) is 18.5. The SMILES string of the molecule is CC[C@@H](C1CC1)n1ccncc1=O. The van der Waals surface area contributed by atoms with Gasteiger partial charge in [0, 0.05) is 18.4 Å². The first kappa shape index (κ1) is 8.48. The number of hydrogen-bond donors (Lipinski definition) is 0. The molecular formula is C10H14N2O. The molecule has 1 saturated carbocycles. The fraction of sp³-hybridized carbons (Fsp3) is 0.600. The van der Waals surface area contributed by atoms with Gasteiger partial charge in [0.1, 0.15) is 0 Å². The van der Waals surface area contributed by atoms with Crippen molar-refractivity contribution in [2.75, 3.05) is 0 Å². The van der Waals surface area contributed by atoms with Gasteiger partial charge in [0.25, 0.3) is 5.56 Å². The van der Waals surface area contributed by atoms with E-state index in [1.165, 1.54) is 19.0 Å². The zero-order valence-corrected chi connectivity index (χ0v) is 7.81. The van der Waals surface area contributed by atoms with E-state index in [4.69, 9.17) is 0 Å². The zero-order valence-electron chi connectivity index (χ0n) is 7.81. The topological polar surface area (TPSA) is 34.9 Å². The van der Waals surface area contributed by atoms with Gasteiger partial charge in [-0.2, -0.15) is 0 Å². The second-order valence-electron chi connectivity index (χ2n) is 3.63. The highest BCUT2D eigenvalue weighted by atomic mass is 16.1. The molecule has 0 amide bonds. The molecule has 0 aromatic carbocycles. The lowest BCUT2D eigenvalue weighted by Gasteiger charge is -2.16. The lowest BCUT2D eigenvalue weighted by atomic mass is 10.1. The van der Waals surface area contributed by atoms with Crippen LogP contribution in [0, 0.1) is 5.92 Å². The van der Waals surface area contributed by atoms with Crippen LogP contribution in [0.15, 0.2) is 23.4 Å². The van der Waals surface area contributed by atoms with Crippen LogP contribution in [-0.4, -0.2) is 9.55 Å². The molecule has 0 aliphatic heterocycles. The molecule has 70 valence electrons. The number of nitrogens with zero attached hydrogens (tertiary/aromatic N) is 2. The smallest absolute Gasteiger partial charge is 0.269 e. The minimum absolute atomic E-state index is 0.0289. The van der Waals surface area contributed by atoms with Gasteiger partial charge in [-0.3, -0.25) is 9.78 Å². The van der Waals surface area contributed by atoms with Crippen LogP contribution in [0.5, 0.6) is 0 Å². The van der Waals surface area contributed by atoms with Gasteiger partial charge in [0.05, 0.1) is 6.20 Å². The Kier molecular flexibility index (Phi) is 2.17. The molecule has 0 radical (unpaired) electrons. The van der Waals surface area contributed by atoms with E-state index in [0.29, 0.717) is 6.04 Å². The van der Waals surface area contributed by atoms with Crippen molar-refractivity contribution in [2.45, 2.75) is 32.2 Å². The summed E-state index contributed by atoms with van der Waals surface area (Å²) in [6.45, 7) is 2.13. The first-order valence-corrected chi connectivity index (χ1v) is 4.85.